The molecule has 0 saturated heterocycles. The van der Waals surface area contributed by atoms with Crippen molar-refractivity contribution in [3.8, 4) is 6.07 Å². The van der Waals surface area contributed by atoms with Crippen molar-refractivity contribution in [1.82, 2.24) is 5.32 Å². The largest absolute Gasteiger partial charge is 0.481 e. The second-order valence-electron chi connectivity index (χ2n) is 3.64. The van der Waals surface area contributed by atoms with Gasteiger partial charge in [0, 0.05) is 17.0 Å². The van der Waals surface area contributed by atoms with Gasteiger partial charge in [0.1, 0.15) is 5.92 Å². The molecule has 0 spiro atoms. The zero-order valence-electron chi connectivity index (χ0n) is 9.29. The third kappa shape index (κ3) is 1.82. The van der Waals surface area contributed by atoms with Crippen LogP contribution in [0.1, 0.15) is 20.8 Å². The first kappa shape index (κ1) is 12.0. The first-order valence-electron chi connectivity index (χ1n) is 4.72. The van der Waals surface area contributed by atoms with Crippen LogP contribution in [0.4, 0.5) is 0 Å². The first-order valence-corrected chi connectivity index (χ1v) is 4.72. The standard InChI is InChI=1S/C11H12N2O3/c1-5-8(4-12)10(11(15)16)9(7(3)14)6(2)13-5/h10,13H,1-3H3,(H,15,16). The molecule has 0 radical (unpaired) electrons. The van der Waals surface area contributed by atoms with Crippen LogP contribution in [-0.2, 0) is 9.59 Å². The monoisotopic (exact) mass is 220 g/mol. The smallest absolute Gasteiger partial charge is 0.316 e. The number of allylic oxidation sites excluding steroid dienone is 2. The molecule has 2 N–H and O–H groups in total. The SMILES string of the molecule is CC(=O)C1=C(C)NC(C)=C(C#N)C1C(=O)O. The molecule has 1 atom stereocenters. The van der Waals surface area contributed by atoms with E-state index < -0.39 is 11.9 Å². The molecule has 0 aliphatic carbocycles. The second kappa shape index (κ2) is 4.19. The fourth-order valence-corrected chi connectivity index (χ4v) is 1.86. The van der Waals surface area contributed by atoms with Crippen molar-refractivity contribution in [3.05, 3.63) is 22.5 Å². The van der Waals surface area contributed by atoms with E-state index in [0.29, 0.717) is 11.4 Å². The number of rotatable bonds is 2. The van der Waals surface area contributed by atoms with Gasteiger partial charge in [-0.15, -0.1) is 0 Å². The molecule has 5 heteroatoms. The number of nitrogens with zero attached hydrogens (tertiary/aromatic N) is 1. The number of hydrogen-bond donors (Lipinski definition) is 2. The lowest BCUT2D eigenvalue weighted by Crippen LogP contribution is -2.32. The average Bonchev–Trinajstić information content (AvgIpc) is 2.15. The Morgan fingerprint density at radius 2 is 1.94 bits per heavy atom. The van der Waals surface area contributed by atoms with E-state index in [1.54, 1.807) is 13.8 Å². The van der Waals surface area contributed by atoms with E-state index >= 15 is 0 Å². The van der Waals surface area contributed by atoms with Gasteiger partial charge in [-0.2, -0.15) is 5.26 Å². The highest BCUT2D eigenvalue weighted by Gasteiger charge is 2.35. The number of ketones is 1. The quantitative estimate of drug-likeness (QED) is 0.723. The molecule has 1 aliphatic rings. The van der Waals surface area contributed by atoms with Crippen LogP contribution in [0.25, 0.3) is 0 Å². The van der Waals surface area contributed by atoms with Crippen LogP contribution in [0, 0.1) is 17.2 Å². The maximum absolute atomic E-state index is 11.4. The summed E-state index contributed by atoms with van der Waals surface area (Å²) in [7, 11) is 0. The van der Waals surface area contributed by atoms with E-state index in [1.807, 2.05) is 6.07 Å². The van der Waals surface area contributed by atoms with Gasteiger partial charge in [-0.25, -0.2) is 0 Å². The highest BCUT2D eigenvalue weighted by atomic mass is 16.4. The van der Waals surface area contributed by atoms with Crippen LogP contribution in [-0.4, -0.2) is 16.9 Å². The van der Waals surface area contributed by atoms with E-state index in [2.05, 4.69) is 5.32 Å². The lowest BCUT2D eigenvalue weighted by Gasteiger charge is -2.25. The fourth-order valence-electron chi connectivity index (χ4n) is 1.86. The summed E-state index contributed by atoms with van der Waals surface area (Å²) >= 11 is 0. The van der Waals surface area contributed by atoms with Gasteiger partial charge in [0.05, 0.1) is 11.6 Å². The van der Waals surface area contributed by atoms with Gasteiger partial charge in [-0.3, -0.25) is 9.59 Å². The van der Waals surface area contributed by atoms with Crippen LogP contribution >= 0.6 is 0 Å². The maximum Gasteiger partial charge on any atom is 0.316 e. The van der Waals surface area contributed by atoms with E-state index in [1.165, 1.54) is 6.92 Å². The third-order valence-corrected chi connectivity index (χ3v) is 2.51. The van der Waals surface area contributed by atoms with Gasteiger partial charge in [0.25, 0.3) is 0 Å². The van der Waals surface area contributed by atoms with Gasteiger partial charge >= 0.3 is 5.97 Å². The molecular formula is C11H12N2O3. The summed E-state index contributed by atoms with van der Waals surface area (Å²) in [5.41, 5.74) is 1.21. The Labute approximate surface area is 93.1 Å². The van der Waals surface area contributed by atoms with Gasteiger partial charge in [-0.1, -0.05) is 0 Å². The average molecular weight is 220 g/mol. The van der Waals surface area contributed by atoms with Gasteiger partial charge in [-0.05, 0) is 20.8 Å². The van der Waals surface area contributed by atoms with Crippen molar-refractivity contribution in [2.45, 2.75) is 20.8 Å². The number of aliphatic carboxylic acids is 1. The van der Waals surface area contributed by atoms with Crippen molar-refractivity contribution < 1.29 is 14.7 Å². The minimum Gasteiger partial charge on any atom is -0.481 e. The highest BCUT2D eigenvalue weighted by Crippen LogP contribution is 2.29. The summed E-state index contributed by atoms with van der Waals surface area (Å²) in [6, 6.07) is 1.84. The van der Waals surface area contributed by atoms with Crippen molar-refractivity contribution >= 4 is 11.8 Å². The molecule has 0 aromatic carbocycles. The summed E-state index contributed by atoms with van der Waals surface area (Å²) in [4.78, 5) is 22.5. The minimum atomic E-state index is -1.18. The number of carbonyl (C=O) groups is 2. The number of dihydropyridines is 1. The van der Waals surface area contributed by atoms with Crippen molar-refractivity contribution in [2.75, 3.05) is 0 Å². The molecule has 1 rings (SSSR count). The van der Waals surface area contributed by atoms with Crippen LogP contribution in [0.3, 0.4) is 0 Å². The molecule has 1 aliphatic heterocycles. The molecular weight excluding hydrogens is 208 g/mol. The van der Waals surface area contributed by atoms with Crippen molar-refractivity contribution in [3.63, 3.8) is 0 Å². The van der Waals surface area contributed by atoms with Gasteiger partial charge in [0.15, 0.2) is 5.78 Å². The van der Waals surface area contributed by atoms with E-state index in [0.717, 1.165) is 0 Å². The molecule has 0 fully saturated rings. The summed E-state index contributed by atoms with van der Waals surface area (Å²) in [5, 5.41) is 20.9. The van der Waals surface area contributed by atoms with Crippen LogP contribution in [0.5, 0.6) is 0 Å². The molecule has 16 heavy (non-hydrogen) atoms. The normalized spacial score (nSPS) is 20.2. The molecule has 5 nitrogen and oxygen atoms in total. The Morgan fingerprint density at radius 3 is 2.31 bits per heavy atom. The van der Waals surface area contributed by atoms with E-state index in [9.17, 15) is 9.59 Å². The third-order valence-electron chi connectivity index (χ3n) is 2.51. The van der Waals surface area contributed by atoms with Crippen LogP contribution < -0.4 is 5.32 Å². The molecule has 84 valence electrons. The number of hydrogen-bond acceptors (Lipinski definition) is 4. The summed E-state index contributed by atoms with van der Waals surface area (Å²) in [6.07, 6.45) is 0. The lowest BCUT2D eigenvalue weighted by molar-refractivity contribution is -0.140. The Balaban J connectivity index is 3.40. The lowest BCUT2D eigenvalue weighted by atomic mass is 9.84. The Morgan fingerprint density at radius 1 is 1.38 bits per heavy atom. The predicted octanol–water partition coefficient (Wildman–Crippen LogP) is 0.951. The van der Waals surface area contributed by atoms with Crippen LogP contribution in [0.15, 0.2) is 22.5 Å². The van der Waals surface area contributed by atoms with Crippen LogP contribution in [0.2, 0.25) is 0 Å². The molecule has 1 unspecified atom stereocenters. The number of nitrogens with one attached hydrogen (secondary N) is 1. The summed E-state index contributed by atoms with van der Waals surface area (Å²) in [5.74, 6) is -2.66. The predicted molar refractivity (Wildman–Crippen MR) is 56.0 cm³/mol. The Bertz CT molecular complexity index is 466. The topological polar surface area (TPSA) is 90.2 Å². The molecule has 0 aromatic heterocycles. The molecule has 1 heterocycles. The maximum atomic E-state index is 11.4. The second-order valence-corrected chi connectivity index (χ2v) is 3.64. The number of carboxylic acid groups (broad SMARTS) is 1. The Kier molecular flexibility index (Phi) is 3.14. The molecule has 0 bridgehead atoms. The first-order chi connectivity index (χ1) is 7.40. The molecule has 0 saturated carbocycles. The van der Waals surface area contributed by atoms with Crippen molar-refractivity contribution in [1.29, 1.82) is 5.26 Å². The van der Waals surface area contributed by atoms with Gasteiger partial charge < -0.3 is 10.4 Å². The number of carbonyl (C=O) groups excluding carboxylic acids is 1. The summed E-state index contributed by atoms with van der Waals surface area (Å²) in [6.45, 7) is 4.55. The van der Waals surface area contributed by atoms with E-state index in [4.69, 9.17) is 10.4 Å². The van der Waals surface area contributed by atoms with E-state index in [-0.39, 0.29) is 16.9 Å². The molecule has 0 amide bonds. The Hall–Kier alpha value is -2.09. The van der Waals surface area contributed by atoms with Gasteiger partial charge in [0.2, 0.25) is 0 Å². The molecule has 0 aromatic rings. The highest BCUT2D eigenvalue weighted by molar-refractivity contribution is 6.01. The summed E-state index contributed by atoms with van der Waals surface area (Å²) < 4.78 is 0. The fraction of sp³-hybridized carbons (Fsp3) is 0.364. The number of carboxylic acids is 1. The zero-order valence-corrected chi connectivity index (χ0v) is 9.29. The zero-order chi connectivity index (χ0) is 12.5. The number of nitriles is 1. The van der Waals surface area contributed by atoms with Crippen molar-refractivity contribution in [2.24, 2.45) is 5.92 Å². The number of Topliss-reactive ketones (excluding diaryl/α,β-unsaturated/α-hetero) is 1. The minimum absolute atomic E-state index is 0.0864.